The van der Waals surface area contributed by atoms with Gasteiger partial charge in [-0.15, -0.1) is 0 Å². The van der Waals surface area contributed by atoms with E-state index in [9.17, 15) is 4.79 Å². The lowest BCUT2D eigenvalue weighted by Gasteiger charge is -2.12. The Morgan fingerprint density at radius 3 is 2.33 bits per heavy atom. The maximum Gasteiger partial charge on any atom is 0.340 e. The van der Waals surface area contributed by atoms with Crippen molar-refractivity contribution in [3.63, 3.8) is 0 Å². The number of nitrogens with two attached hydrogens (primary N) is 1. The summed E-state index contributed by atoms with van der Waals surface area (Å²) in [5.74, 6) is 0.956. The van der Waals surface area contributed by atoms with Crippen molar-refractivity contribution in [3.05, 3.63) is 53.6 Å². The summed E-state index contributed by atoms with van der Waals surface area (Å²) in [6.07, 6.45) is 0. The van der Waals surface area contributed by atoms with Crippen LogP contribution in [0.15, 0.2) is 42.5 Å². The van der Waals surface area contributed by atoms with Crippen molar-refractivity contribution in [2.75, 3.05) is 20.0 Å². The van der Waals surface area contributed by atoms with Crippen LogP contribution in [0.2, 0.25) is 0 Å². The number of esters is 1. The van der Waals surface area contributed by atoms with Crippen molar-refractivity contribution in [1.29, 1.82) is 0 Å². The number of anilines is 1. The van der Waals surface area contributed by atoms with Crippen LogP contribution in [-0.2, 0) is 11.3 Å². The molecule has 5 nitrogen and oxygen atoms in total. The van der Waals surface area contributed by atoms with Gasteiger partial charge in [0.2, 0.25) is 0 Å². The van der Waals surface area contributed by atoms with Gasteiger partial charge < -0.3 is 19.9 Å². The Morgan fingerprint density at radius 2 is 1.71 bits per heavy atom. The lowest BCUT2D eigenvalue weighted by molar-refractivity contribution is 0.0599. The molecule has 0 aliphatic carbocycles. The van der Waals surface area contributed by atoms with Gasteiger partial charge in [-0.05, 0) is 30.3 Å². The van der Waals surface area contributed by atoms with Crippen molar-refractivity contribution in [2.45, 2.75) is 6.61 Å². The predicted octanol–water partition coefficient (Wildman–Crippen LogP) is 2.64. The zero-order chi connectivity index (χ0) is 15.2. The van der Waals surface area contributed by atoms with Crippen molar-refractivity contribution in [3.8, 4) is 11.5 Å². The minimum Gasteiger partial charge on any atom is -0.497 e. The number of nitrogen functional groups attached to an aromatic ring is 1. The Hall–Kier alpha value is -2.69. The molecule has 0 heterocycles. The number of benzene rings is 2. The lowest BCUT2D eigenvalue weighted by atomic mass is 10.1. The second kappa shape index (κ2) is 6.65. The standard InChI is InChI=1S/C16H17NO4/c1-19-12-6-8-13(9-7-12)21-10-11-4-3-5-14(17)15(11)16(18)20-2/h3-9H,10,17H2,1-2H3. The molecule has 0 spiro atoms. The summed E-state index contributed by atoms with van der Waals surface area (Å²) in [4.78, 5) is 11.8. The highest BCUT2D eigenvalue weighted by Crippen LogP contribution is 2.22. The van der Waals surface area contributed by atoms with Crippen LogP contribution in [0.4, 0.5) is 5.69 Å². The maximum atomic E-state index is 11.8. The van der Waals surface area contributed by atoms with Gasteiger partial charge in [-0.3, -0.25) is 0 Å². The van der Waals surface area contributed by atoms with Crippen molar-refractivity contribution in [1.82, 2.24) is 0 Å². The zero-order valence-electron chi connectivity index (χ0n) is 12.0. The van der Waals surface area contributed by atoms with E-state index in [2.05, 4.69) is 0 Å². The van der Waals surface area contributed by atoms with Gasteiger partial charge in [0.15, 0.2) is 0 Å². The van der Waals surface area contributed by atoms with Gasteiger partial charge in [0.05, 0.1) is 19.8 Å². The van der Waals surface area contributed by atoms with Crippen LogP contribution in [-0.4, -0.2) is 20.2 Å². The molecule has 2 aromatic rings. The van der Waals surface area contributed by atoms with E-state index in [4.69, 9.17) is 19.9 Å². The van der Waals surface area contributed by atoms with E-state index >= 15 is 0 Å². The predicted molar refractivity (Wildman–Crippen MR) is 79.5 cm³/mol. The Bertz CT molecular complexity index is 623. The third-order valence-electron chi connectivity index (χ3n) is 3.03. The van der Waals surface area contributed by atoms with Gasteiger partial charge >= 0.3 is 5.97 Å². The average Bonchev–Trinajstić information content (AvgIpc) is 2.52. The third kappa shape index (κ3) is 3.45. The molecule has 0 amide bonds. The average molecular weight is 287 g/mol. The van der Waals surface area contributed by atoms with E-state index in [-0.39, 0.29) is 6.61 Å². The van der Waals surface area contributed by atoms with E-state index in [0.717, 1.165) is 5.75 Å². The van der Waals surface area contributed by atoms with Crippen LogP contribution in [0, 0.1) is 0 Å². The molecular weight excluding hydrogens is 270 g/mol. The smallest absolute Gasteiger partial charge is 0.340 e. The Balaban J connectivity index is 2.15. The molecule has 110 valence electrons. The SMILES string of the molecule is COC(=O)c1c(N)cccc1COc1ccc(OC)cc1. The summed E-state index contributed by atoms with van der Waals surface area (Å²) in [7, 11) is 2.92. The normalized spacial score (nSPS) is 10.0. The Labute approximate surface area is 123 Å². The van der Waals surface area contributed by atoms with Crippen LogP contribution in [0.25, 0.3) is 0 Å². The summed E-state index contributed by atoms with van der Waals surface area (Å²) < 4.78 is 15.5. The molecule has 2 aromatic carbocycles. The fourth-order valence-electron chi connectivity index (χ4n) is 1.92. The molecule has 0 radical (unpaired) electrons. The largest absolute Gasteiger partial charge is 0.497 e. The first-order chi connectivity index (χ1) is 10.2. The number of carbonyl (C=O) groups excluding carboxylic acids is 1. The highest BCUT2D eigenvalue weighted by atomic mass is 16.5. The van der Waals surface area contributed by atoms with Crippen LogP contribution >= 0.6 is 0 Å². The Morgan fingerprint density at radius 1 is 1.05 bits per heavy atom. The molecule has 21 heavy (non-hydrogen) atoms. The third-order valence-corrected chi connectivity index (χ3v) is 3.03. The van der Waals surface area contributed by atoms with Crippen molar-refractivity contribution < 1.29 is 19.0 Å². The number of carbonyl (C=O) groups is 1. The van der Waals surface area contributed by atoms with Crippen molar-refractivity contribution in [2.24, 2.45) is 0 Å². The topological polar surface area (TPSA) is 70.8 Å². The molecule has 0 saturated carbocycles. The molecule has 0 saturated heterocycles. The van der Waals surface area contributed by atoms with Crippen LogP contribution in [0.5, 0.6) is 11.5 Å². The van der Waals surface area contributed by atoms with E-state index in [1.165, 1.54) is 7.11 Å². The van der Waals surface area contributed by atoms with Crippen LogP contribution in [0.3, 0.4) is 0 Å². The second-order valence-corrected chi connectivity index (χ2v) is 4.34. The van der Waals surface area contributed by atoms with Gasteiger partial charge in [-0.1, -0.05) is 12.1 Å². The summed E-state index contributed by atoms with van der Waals surface area (Å²) in [6.45, 7) is 0.224. The Kier molecular flexibility index (Phi) is 4.66. The second-order valence-electron chi connectivity index (χ2n) is 4.34. The molecule has 0 fully saturated rings. The van der Waals surface area contributed by atoms with Crippen LogP contribution in [0.1, 0.15) is 15.9 Å². The molecule has 0 atom stereocenters. The maximum absolute atomic E-state index is 11.8. The molecule has 5 heteroatoms. The monoisotopic (exact) mass is 287 g/mol. The van der Waals surface area contributed by atoms with Gasteiger partial charge in [0, 0.05) is 11.3 Å². The summed E-state index contributed by atoms with van der Waals surface area (Å²) in [5.41, 5.74) is 7.22. The first-order valence-corrected chi connectivity index (χ1v) is 6.38. The highest BCUT2D eigenvalue weighted by Gasteiger charge is 2.15. The minimum absolute atomic E-state index is 0.224. The molecule has 0 aromatic heterocycles. The van der Waals surface area contributed by atoms with E-state index < -0.39 is 5.97 Å². The van der Waals surface area contributed by atoms with Gasteiger partial charge in [0.1, 0.15) is 18.1 Å². The van der Waals surface area contributed by atoms with E-state index in [1.54, 1.807) is 49.6 Å². The molecule has 2 rings (SSSR count). The minimum atomic E-state index is -0.471. The van der Waals surface area contributed by atoms with Crippen molar-refractivity contribution >= 4 is 11.7 Å². The number of hydrogen-bond acceptors (Lipinski definition) is 5. The number of ether oxygens (including phenoxy) is 3. The van der Waals surface area contributed by atoms with Crippen LogP contribution < -0.4 is 15.2 Å². The molecule has 0 aliphatic heterocycles. The van der Waals surface area contributed by atoms with Gasteiger partial charge in [-0.25, -0.2) is 4.79 Å². The fraction of sp³-hybridized carbons (Fsp3) is 0.188. The van der Waals surface area contributed by atoms with Gasteiger partial charge in [-0.2, -0.15) is 0 Å². The number of methoxy groups -OCH3 is 2. The highest BCUT2D eigenvalue weighted by molar-refractivity contribution is 5.96. The molecular formula is C16H17NO4. The lowest BCUT2D eigenvalue weighted by Crippen LogP contribution is -2.11. The first kappa shape index (κ1) is 14.7. The number of rotatable bonds is 5. The quantitative estimate of drug-likeness (QED) is 0.676. The zero-order valence-corrected chi connectivity index (χ0v) is 12.0. The molecule has 0 bridgehead atoms. The summed E-state index contributed by atoms with van der Waals surface area (Å²) in [5, 5.41) is 0. The summed E-state index contributed by atoms with van der Waals surface area (Å²) in [6, 6.07) is 12.4. The molecule has 0 aliphatic rings. The van der Waals surface area contributed by atoms with E-state index in [0.29, 0.717) is 22.6 Å². The van der Waals surface area contributed by atoms with E-state index in [1.807, 2.05) is 0 Å². The summed E-state index contributed by atoms with van der Waals surface area (Å²) >= 11 is 0. The molecule has 2 N–H and O–H groups in total. The fourth-order valence-corrected chi connectivity index (χ4v) is 1.92. The molecule has 0 unspecified atom stereocenters. The van der Waals surface area contributed by atoms with Gasteiger partial charge in [0.25, 0.3) is 0 Å². The first-order valence-electron chi connectivity index (χ1n) is 6.38. The number of hydrogen-bond donors (Lipinski definition) is 1.